The summed E-state index contributed by atoms with van der Waals surface area (Å²) in [7, 11) is 0. The molecule has 1 aliphatic carbocycles. The van der Waals surface area contributed by atoms with E-state index in [1.807, 2.05) is 12.3 Å². The van der Waals surface area contributed by atoms with Gasteiger partial charge in [-0.3, -0.25) is 4.90 Å². The first-order valence-electron chi connectivity index (χ1n) is 7.86. The molecule has 0 spiro atoms. The third-order valence-electron chi connectivity index (χ3n) is 5.02. The Kier molecular flexibility index (Phi) is 3.51. The van der Waals surface area contributed by atoms with Crippen molar-refractivity contribution < 1.29 is 0 Å². The molecule has 0 radical (unpaired) electrons. The molecule has 1 saturated heterocycles. The minimum absolute atomic E-state index is 0.391. The Hall–Kier alpha value is -1.64. The van der Waals surface area contributed by atoms with E-state index < -0.39 is 0 Å². The molecule has 22 heavy (non-hydrogen) atoms. The van der Waals surface area contributed by atoms with Crippen molar-refractivity contribution in [1.82, 2.24) is 9.88 Å². The van der Waals surface area contributed by atoms with E-state index in [0.29, 0.717) is 29.2 Å². The zero-order valence-corrected chi connectivity index (χ0v) is 13.3. The number of halogens is 1. The minimum Gasteiger partial charge on any atom is -0.283 e. The quantitative estimate of drug-likeness (QED) is 0.598. The molecule has 1 fully saturated rings. The molecule has 112 valence electrons. The molecule has 1 aromatic carbocycles. The second-order valence-corrected chi connectivity index (χ2v) is 6.63. The van der Waals surface area contributed by atoms with Crippen LogP contribution in [0.3, 0.4) is 0 Å². The Balaban J connectivity index is 1.70. The molecule has 2 heterocycles. The number of benzene rings is 1. The molecular weight excluding hydrogens is 292 g/mol. The van der Waals surface area contributed by atoms with Crippen LogP contribution in [-0.4, -0.2) is 15.9 Å². The van der Waals surface area contributed by atoms with E-state index in [1.54, 1.807) is 0 Å². The number of hydrogen-bond donors (Lipinski definition) is 0. The molecule has 2 aromatic rings. The van der Waals surface area contributed by atoms with Crippen molar-refractivity contribution in [2.45, 2.75) is 31.5 Å². The number of hydrogen-bond acceptors (Lipinski definition) is 2. The molecule has 1 aromatic heterocycles. The van der Waals surface area contributed by atoms with Crippen LogP contribution in [0, 0.1) is 5.92 Å². The zero-order valence-electron chi connectivity index (χ0n) is 12.6. The second-order valence-electron chi connectivity index (χ2n) is 6.24. The van der Waals surface area contributed by atoms with Gasteiger partial charge in [-0.1, -0.05) is 60.2 Å². The van der Waals surface area contributed by atoms with Crippen LogP contribution in [0.4, 0.5) is 0 Å². The highest BCUT2D eigenvalue weighted by atomic mass is 35.5. The molecule has 0 N–H and O–H groups in total. The van der Waals surface area contributed by atoms with Crippen LogP contribution in [0.1, 0.15) is 36.6 Å². The smallest absolute Gasteiger partial charge is 0.129 e. The fourth-order valence-corrected chi connectivity index (χ4v) is 4.11. The highest BCUT2D eigenvalue weighted by Crippen LogP contribution is 2.50. The van der Waals surface area contributed by atoms with Crippen molar-refractivity contribution in [1.29, 1.82) is 0 Å². The highest BCUT2D eigenvalue weighted by molar-refractivity contribution is 6.29. The van der Waals surface area contributed by atoms with Crippen molar-refractivity contribution in [2.24, 2.45) is 5.92 Å². The number of fused-ring (bicyclic) bond motifs is 2. The first-order valence-corrected chi connectivity index (χ1v) is 8.24. The summed E-state index contributed by atoms with van der Waals surface area (Å²) in [6.45, 7) is 2.31. The zero-order chi connectivity index (χ0) is 15.1. The maximum atomic E-state index is 5.95. The van der Waals surface area contributed by atoms with Crippen molar-refractivity contribution >= 4 is 11.6 Å². The fourth-order valence-electron chi connectivity index (χ4n) is 4.00. The van der Waals surface area contributed by atoms with Gasteiger partial charge in [0, 0.05) is 24.3 Å². The summed E-state index contributed by atoms with van der Waals surface area (Å²) in [6, 6.07) is 16.1. The monoisotopic (exact) mass is 310 g/mol. The molecular formula is C19H19ClN2. The van der Waals surface area contributed by atoms with Gasteiger partial charge < -0.3 is 0 Å². The molecule has 3 unspecified atom stereocenters. The predicted octanol–water partition coefficient (Wildman–Crippen LogP) is 4.80. The second kappa shape index (κ2) is 5.53. The van der Waals surface area contributed by atoms with Crippen LogP contribution in [0.15, 0.2) is 60.8 Å². The Bertz CT molecular complexity index is 680. The molecule has 0 amide bonds. The number of nitrogens with zero attached hydrogens (tertiary/aromatic N) is 2. The Morgan fingerprint density at radius 2 is 1.95 bits per heavy atom. The van der Waals surface area contributed by atoms with Crippen LogP contribution in [0.5, 0.6) is 0 Å². The van der Waals surface area contributed by atoms with Gasteiger partial charge in [-0.25, -0.2) is 4.98 Å². The summed E-state index contributed by atoms with van der Waals surface area (Å²) < 4.78 is 0. The lowest BCUT2D eigenvalue weighted by Gasteiger charge is -2.37. The molecule has 3 heteroatoms. The van der Waals surface area contributed by atoms with Gasteiger partial charge in [0.1, 0.15) is 5.15 Å². The summed E-state index contributed by atoms with van der Waals surface area (Å²) >= 11 is 5.95. The average molecular weight is 311 g/mol. The van der Waals surface area contributed by atoms with Gasteiger partial charge in [0.2, 0.25) is 0 Å². The highest BCUT2D eigenvalue weighted by Gasteiger charge is 2.45. The Morgan fingerprint density at radius 3 is 2.68 bits per heavy atom. The summed E-state index contributed by atoms with van der Waals surface area (Å²) in [4.78, 5) is 6.92. The molecule has 4 rings (SSSR count). The van der Waals surface area contributed by atoms with Crippen molar-refractivity contribution in [3.63, 3.8) is 0 Å². The Labute approximate surface area is 136 Å². The van der Waals surface area contributed by atoms with Gasteiger partial charge in [-0.15, -0.1) is 0 Å². The SMILES string of the molecule is C[C@@H](c1ccccc1)N1C2C=CC(C2)C1c1ccc(Cl)nc1. The largest absolute Gasteiger partial charge is 0.283 e. The standard InChI is InChI=1S/C19H19ClN2/c1-13(14-5-3-2-4-6-14)22-17-9-7-15(11-17)19(22)16-8-10-18(20)21-12-16/h2-10,12-13,15,17,19H,11H2,1H3/t13-,15?,17?,19?/m0/s1. The number of aromatic nitrogens is 1. The van der Waals surface area contributed by atoms with Crippen LogP contribution < -0.4 is 0 Å². The predicted molar refractivity (Wildman–Crippen MR) is 89.7 cm³/mol. The van der Waals surface area contributed by atoms with Crippen LogP contribution in [0.25, 0.3) is 0 Å². The maximum Gasteiger partial charge on any atom is 0.129 e. The molecule has 0 saturated carbocycles. The molecule has 4 atom stereocenters. The first-order chi connectivity index (χ1) is 10.7. The van der Waals surface area contributed by atoms with E-state index in [2.05, 4.69) is 65.4 Å². The Morgan fingerprint density at radius 1 is 1.14 bits per heavy atom. The lowest BCUT2D eigenvalue weighted by atomic mass is 9.94. The number of rotatable bonds is 3. The fraction of sp³-hybridized carbons (Fsp3) is 0.316. The third-order valence-corrected chi connectivity index (χ3v) is 5.25. The first kappa shape index (κ1) is 14.0. The van der Waals surface area contributed by atoms with Crippen molar-refractivity contribution in [3.05, 3.63) is 77.1 Å². The topological polar surface area (TPSA) is 16.1 Å². The summed E-state index contributed by atoms with van der Waals surface area (Å²) in [6.07, 6.45) is 7.89. The van der Waals surface area contributed by atoms with E-state index in [0.717, 1.165) is 0 Å². The number of likely N-dealkylation sites (tertiary alicyclic amines) is 1. The molecule has 1 aliphatic heterocycles. The number of pyridine rings is 1. The van der Waals surface area contributed by atoms with Crippen molar-refractivity contribution in [2.75, 3.05) is 0 Å². The van der Waals surface area contributed by atoms with Crippen LogP contribution in [0.2, 0.25) is 5.15 Å². The van der Waals surface area contributed by atoms with Gasteiger partial charge in [0.05, 0.1) is 0 Å². The van der Waals surface area contributed by atoms with Crippen LogP contribution >= 0.6 is 11.6 Å². The van der Waals surface area contributed by atoms with Crippen molar-refractivity contribution in [3.8, 4) is 0 Å². The van der Waals surface area contributed by atoms with Crippen LogP contribution in [-0.2, 0) is 0 Å². The molecule has 2 bridgehead atoms. The van der Waals surface area contributed by atoms with E-state index in [9.17, 15) is 0 Å². The average Bonchev–Trinajstić information content (AvgIpc) is 3.17. The summed E-state index contributed by atoms with van der Waals surface area (Å²) in [5, 5.41) is 0.560. The normalized spacial score (nSPS) is 28.2. The maximum absolute atomic E-state index is 5.95. The van der Waals surface area contributed by atoms with Gasteiger partial charge >= 0.3 is 0 Å². The lowest BCUT2D eigenvalue weighted by Crippen LogP contribution is -2.35. The van der Waals surface area contributed by atoms with Gasteiger partial charge in [-0.2, -0.15) is 0 Å². The van der Waals surface area contributed by atoms with E-state index in [4.69, 9.17) is 11.6 Å². The lowest BCUT2D eigenvalue weighted by molar-refractivity contribution is 0.145. The van der Waals surface area contributed by atoms with E-state index in [-0.39, 0.29) is 0 Å². The summed E-state index contributed by atoms with van der Waals surface area (Å²) in [5.74, 6) is 0.583. The molecule has 2 nitrogen and oxygen atoms in total. The van der Waals surface area contributed by atoms with E-state index >= 15 is 0 Å². The molecule has 2 aliphatic rings. The minimum atomic E-state index is 0.391. The van der Waals surface area contributed by atoms with E-state index in [1.165, 1.54) is 17.5 Å². The third kappa shape index (κ3) is 2.27. The van der Waals surface area contributed by atoms with Gasteiger partial charge in [0.15, 0.2) is 0 Å². The van der Waals surface area contributed by atoms with Gasteiger partial charge in [0.25, 0.3) is 0 Å². The summed E-state index contributed by atoms with van der Waals surface area (Å²) in [5.41, 5.74) is 2.64. The van der Waals surface area contributed by atoms with Gasteiger partial charge in [-0.05, 0) is 36.5 Å².